The van der Waals surface area contributed by atoms with Gasteiger partial charge in [-0.05, 0) is 19.1 Å². The smallest absolute Gasteiger partial charge is 0.344 e. The molecule has 1 heterocycles. The standard InChI is InChI=1S/C21H17NO4/c1-14-12-13-17(20(24)22-14)21(25)26-19(16-10-6-3-7-11-16)18(23)15-8-4-2-5-9-15/h2-13,19H,1H3,(H,22,24). The molecule has 0 amide bonds. The molecule has 5 nitrogen and oxygen atoms in total. The predicted octanol–water partition coefficient (Wildman–Crippen LogP) is 3.46. The van der Waals surface area contributed by atoms with Crippen molar-refractivity contribution in [1.29, 1.82) is 0 Å². The minimum Gasteiger partial charge on any atom is -0.445 e. The summed E-state index contributed by atoms with van der Waals surface area (Å²) in [6, 6.07) is 20.3. The van der Waals surface area contributed by atoms with Gasteiger partial charge in [0.05, 0.1) is 0 Å². The third-order valence-corrected chi connectivity index (χ3v) is 3.90. The minimum absolute atomic E-state index is 0.141. The first-order chi connectivity index (χ1) is 12.6. The summed E-state index contributed by atoms with van der Waals surface area (Å²) in [7, 11) is 0. The van der Waals surface area contributed by atoms with Gasteiger partial charge in [0, 0.05) is 16.8 Å². The van der Waals surface area contributed by atoms with E-state index in [0.717, 1.165) is 0 Å². The molecule has 3 rings (SSSR count). The number of rotatable bonds is 5. The van der Waals surface area contributed by atoms with E-state index in [0.29, 0.717) is 16.8 Å². The molecule has 0 aliphatic rings. The highest BCUT2D eigenvalue weighted by atomic mass is 16.5. The Morgan fingerprint density at radius 1 is 0.885 bits per heavy atom. The van der Waals surface area contributed by atoms with Gasteiger partial charge in [0.1, 0.15) is 5.56 Å². The number of pyridine rings is 1. The summed E-state index contributed by atoms with van der Waals surface area (Å²) < 4.78 is 5.45. The molecule has 0 radical (unpaired) electrons. The number of carbonyl (C=O) groups is 2. The summed E-state index contributed by atoms with van der Waals surface area (Å²) in [4.78, 5) is 39.9. The van der Waals surface area contributed by atoms with Crippen molar-refractivity contribution in [2.75, 3.05) is 0 Å². The second kappa shape index (κ2) is 7.61. The molecule has 0 spiro atoms. The normalized spacial score (nSPS) is 11.6. The number of ketones is 1. The van der Waals surface area contributed by atoms with E-state index in [1.807, 2.05) is 0 Å². The van der Waals surface area contributed by atoms with Crippen molar-refractivity contribution >= 4 is 11.8 Å². The van der Waals surface area contributed by atoms with Crippen molar-refractivity contribution in [2.24, 2.45) is 0 Å². The van der Waals surface area contributed by atoms with Crippen LogP contribution in [-0.2, 0) is 4.74 Å². The quantitative estimate of drug-likeness (QED) is 0.566. The lowest BCUT2D eigenvalue weighted by Crippen LogP contribution is -2.25. The number of nitrogens with one attached hydrogen (secondary N) is 1. The van der Waals surface area contributed by atoms with Crippen LogP contribution in [0.15, 0.2) is 77.6 Å². The first-order valence-corrected chi connectivity index (χ1v) is 8.11. The van der Waals surface area contributed by atoms with Gasteiger partial charge in [-0.15, -0.1) is 0 Å². The fourth-order valence-electron chi connectivity index (χ4n) is 2.56. The summed E-state index contributed by atoms with van der Waals surface area (Å²) in [6.07, 6.45) is -1.13. The predicted molar refractivity (Wildman–Crippen MR) is 97.2 cm³/mol. The van der Waals surface area contributed by atoms with Gasteiger partial charge in [-0.3, -0.25) is 9.59 Å². The summed E-state index contributed by atoms with van der Waals surface area (Å²) >= 11 is 0. The SMILES string of the molecule is Cc1ccc(C(=O)OC(C(=O)c2ccccc2)c2ccccc2)c(=O)[nH]1. The highest BCUT2D eigenvalue weighted by Crippen LogP contribution is 2.23. The van der Waals surface area contributed by atoms with Gasteiger partial charge in [-0.2, -0.15) is 0 Å². The van der Waals surface area contributed by atoms with E-state index in [4.69, 9.17) is 4.74 Å². The summed E-state index contributed by atoms with van der Waals surface area (Å²) in [5.74, 6) is -1.20. The average Bonchev–Trinajstić information content (AvgIpc) is 2.67. The summed E-state index contributed by atoms with van der Waals surface area (Å²) in [5, 5.41) is 0. The molecule has 0 bridgehead atoms. The van der Waals surface area contributed by atoms with E-state index in [1.54, 1.807) is 73.7 Å². The van der Waals surface area contributed by atoms with Crippen molar-refractivity contribution in [2.45, 2.75) is 13.0 Å². The molecule has 3 aromatic rings. The molecule has 0 fully saturated rings. The first-order valence-electron chi connectivity index (χ1n) is 8.11. The molecular weight excluding hydrogens is 330 g/mol. The van der Waals surface area contributed by atoms with Gasteiger partial charge in [-0.25, -0.2) is 4.79 Å². The molecule has 0 saturated carbocycles. The maximum atomic E-state index is 12.9. The van der Waals surface area contributed by atoms with Crippen LogP contribution in [0, 0.1) is 6.92 Å². The Balaban J connectivity index is 1.95. The number of carbonyl (C=O) groups excluding carboxylic acids is 2. The second-order valence-corrected chi connectivity index (χ2v) is 5.81. The Bertz CT molecular complexity index is 978. The fourth-order valence-corrected chi connectivity index (χ4v) is 2.56. The largest absolute Gasteiger partial charge is 0.445 e. The number of benzene rings is 2. The lowest BCUT2D eigenvalue weighted by atomic mass is 10.00. The van der Waals surface area contributed by atoms with Crippen molar-refractivity contribution < 1.29 is 14.3 Å². The fraction of sp³-hybridized carbons (Fsp3) is 0.0952. The number of aromatic nitrogens is 1. The van der Waals surface area contributed by atoms with Gasteiger partial charge in [0.2, 0.25) is 5.78 Å². The minimum atomic E-state index is -1.13. The third-order valence-electron chi connectivity index (χ3n) is 3.90. The Morgan fingerprint density at radius 2 is 1.50 bits per heavy atom. The van der Waals surface area contributed by atoms with Gasteiger partial charge in [0.15, 0.2) is 6.10 Å². The Kier molecular flexibility index (Phi) is 5.08. The molecular formula is C21H17NO4. The zero-order valence-corrected chi connectivity index (χ0v) is 14.1. The molecule has 0 saturated heterocycles. The Morgan fingerprint density at radius 3 is 2.12 bits per heavy atom. The number of aromatic amines is 1. The molecule has 1 N–H and O–H groups in total. The van der Waals surface area contributed by atoms with Crippen LogP contribution in [0.3, 0.4) is 0 Å². The van der Waals surface area contributed by atoms with Crippen LogP contribution in [0.25, 0.3) is 0 Å². The number of hydrogen-bond donors (Lipinski definition) is 1. The molecule has 1 aromatic heterocycles. The molecule has 2 aromatic carbocycles. The van der Waals surface area contributed by atoms with Gasteiger partial charge in [-0.1, -0.05) is 60.7 Å². The number of Topliss-reactive ketones (excluding diaryl/α,β-unsaturated/α-hetero) is 1. The first kappa shape index (κ1) is 17.4. The van der Waals surface area contributed by atoms with E-state index in [9.17, 15) is 14.4 Å². The van der Waals surface area contributed by atoms with Crippen LogP contribution in [0.2, 0.25) is 0 Å². The zero-order chi connectivity index (χ0) is 18.5. The van der Waals surface area contributed by atoms with Gasteiger partial charge >= 0.3 is 5.97 Å². The number of ether oxygens (including phenoxy) is 1. The third kappa shape index (κ3) is 3.78. The van der Waals surface area contributed by atoms with Crippen molar-refractivity contribution in [3.8, 4) is 0 Å². The van der Waals surface area contributed by atoms with Gasteiger partial charge in [0.25, 0.3) is 5.56 Å². The monoisotopic (exact) mass is 347 g/mol. The number of aryl methyl sites for hydroxylation is 1. The van der Waals surface area contributed by atoms with E-state index in [1.165, 1.54) is 6.07 Å². The molecule has 5 heteroatoms. The Hall–Kier alpha value is -3.47. The molecule has 1 atom stereocenters. The zero-order valence-electron chi connectivity index (χ0n) is 14.1. The van der Waals surface area contributed by atoms with Gasteiger partial charge < -0.3 is 9.72 Å². The highest BCUT2D eigenvalue weighted by Gasteiger charge is 2.27. The second-order valence-electron chi connectivity index (χ2n) is 5.81. The molecule has 0 aliphatic heterocycles. The van der Waals surface area contributed by atoms with E-state index < -0.39 is 17.6 Å². The van der Waals surface area contributed by atoms with E-state index in [-0.39, 0.29) is 11.3 Å². The van der Waals surface area contributed by atoms with Crippen LogP contribution in [-0.4, -0.2) is 16.7 Å². The lowest BCUT2D eigenvalue weighted by molar-refractivity contribution is 0.0278. The molecule has 1 unspecified atom stereocenters. The van der Waals surface area contributed by atoms with Crippen LogP contribution in [0.1, 0.15) is 38.1 Å². The van der Waals surface area contributed by atoms with Crippen LogP contribution < -0.4 is 5.56 Å². The maximum absolute atomic E-state index is 12.9. The van der Waals surface area contributed by atoms with E-state index >= 15 is 0 Å². The number of H-pyrrole nitrogens is 1. The lowest BCUT2D eigenvalue weighted by Gasteiger charge is -2.17. The topological polar surface area (TPSA) is 76.2 Å². The maximum Gasteiger partial charge on any atom is 0.344 e. The van der Waals surface area contributed by atoms with Crippen molar-refractivity contribution in [1.82, 2.24) is 4.98 Å². The summed E-state index contributed by atoms with van der Waals surface area (Å²) in [6.45, 7) is 1.71. The number of esters is 1. The molecule has 26 heavy (non-hydrogen) atoms. The van der Waals surface area contributed by atoms with E-state index in [2.05, 4.69) is 4.98 Å². The molecule has 0 aliphatic carbocycles. The Labute approximate surface area is 150 Å². The van der Waals surface area contributed by atoms with Crippen molar-refractivity contribution in [3.05, 3.63) is 106 Å². The number of hydrogen-bond acceptors (Lipinski definition) is 4. The average molecular weight is 347 g/mol. The van der Waals surface area contributed by atoms with Crippen LogP contribution in [0.5, 0.6) is 0 Å². The molecule has 130 valence electrons. The van der Waals surface area contributed by atoms with Crippen molar-refractivity contribution in [3.63, 3.8) is 0 Å². The van der Waals surface area contributed by atoms with Crippen LogP contribution >= 0.6 is 0 Å². The summed E-state index contributed by atoms with van der Waals surface area (Å²) in [5.41, 5.74) is 0.906. The highest BCUT2D eigenvalue weighted by molar-refractivity contribution is 6.02. The van der Waals surface area contributed by atoms with Crippen LogP contribution in [0.4, 0.5) is 0 Å².